The van der Waals surface area contributed by atoms with Crippen molar-refractivity contribution >= 4 is 17.6 Å². The van der Waals surface area contributed by atoms with Crippen molar-refractivity contribution in [2.24, 2.45) is 0 Å². The van der Waals surface area contributed by atoms with Gasteiger partial charge in [-0.2, -0.15) is 0 Å². The zero-order valence-electron chi connectivity index (χ0n) is 18.9. The van der Waals surface area contributed by atoms with E-state index in [9.17, 15) is 19.1 Å². The number of benzene rings is 3. The summed E-state index contributed by atoms with van der Waals surface area (Å²) in [5.41, 5.74) is 2.83. The third kappa shape index (κ3) is 4.48. The maximum atomic E-state index is 14.0. The molecular formula is C28H24FN3O3. The molecule has 0 aliphatic carbocycles. The van der Waals surface area contributed by atoms with Crippen LogP contribution in [0.5, 0.6) is 0 Å². The van der Waals surface area contributed by atoms with E-state index in [4.69, 9.17) is 0 Å². The Morgan fingerprint density at radius 1 is 0.971 bits per heavy atom. The zero-order chi connectivity index (χ0) is 24.4. The summed E-state index contributed by atoms with van der Waals surface area (Å²) >= 11 is 0. The average molecular weight is 470 g/mol. The highest BCUT2D eigenvalue weighted by molar-refractivity contribution is 5.94. The molecule has 2 fully saturated rings. The number of anilines is 1. The summed E-state index contributed by atoms with van der Waals surface area (Å²) in [6.45, 7) is 0.0146. The van der Waals surface area contributed by atoms with E-state index in [2.05, 4.69) is 17.2 Å². The van der Waals surface area contributed by atoms with Gasteiger partial charge in [-0.05, 0) is 42.0 Å². The van der Waals surface area contributed by atoms with Crippen molar-refractivity contribution in [2.75, 3.05) is 25.0 Å². The molecule has 0 aromatic heterocycles. The highest BCUT2D eigenvalue weighted by atomic mass is 19.1. The number of amides is 3. The number of carbonyl (C=O) groups is 2. The summed E-state index contributed by atoms with van der Waals surface area (Å²) in [6.07, 6.45) is 0. The van der Waals surface area contributed by atoms with Crippen LogP contribution in [0.2, 0.25) is 0 Å². The smallest absolute Gasteiger partial charge is 0.322 e. The van der Waals surface area contributed by atoms with Crippen LogP contribution in [0.1, 0.15) is 22.6 Å². The van der Waals surface area contributed by atoms with Crippen LogP contribution in [0.4, 0.5) is 14.9 Å². The lowest BCUT2D eigenvalue weighted by Crippen LogP contribution is -2.73. The first-order chi connectivity index (χ1) is 17.0. The molecule has 176 valence electrons. The van der Waals surface area contributed by atoms with Gasteiger partial charge in [0, 0.05) is 23.6 Å². The van der Waals surface area contributed by atoms with Gasteiger partial charge in [-0.25, -0.2) is 9.18 Å². The summed E-state index contributed by atoms with van der Waals surface area (Å²) in [5, 5.41) is 12.5. The standard InChI is InChI=1S/C28H24FN3O3/c29-22-8-4-5-9-23(22)30-28(35)31-16-24-27(25(18-33)32(24)26(34)17-31)21-14-12-20(13-15-21)11-10-19-6-2-1-3-7-19/h1-9,12-15,24-25,27,33H,16-18H2,(H,30,35)/t24-,25+,27-/m1/s1. The van der Waals surface area contributed by atoms with Gasteiger partial charge in [0.25, 0.3) is 0 Å². The summed E-state index contributed by atoms with van der Waals surface area (Å²) in [7, 11) is 0. The molecule has 2 heterocycles. The van der Waals surface area contributed by atoms with Crippen LogP contribution in [-0.4, -0.2) is 58.6 Å². The quantitative estimate of drug-likeness (QED) is 0.578. The van der Waals surface area contributed by atoms with E-state index in [0.717, 1.165) is 16.7 Å². The summed E-state index contributed by atoms with van der Waals surface area (Å²) < 4.78 is 14.0. The van der Waals surface area contributed by atoms with Crippen LogP contribution in [0.25, 0.3) is 0 Å². The van der Waals surface area contributed by atoms with Crippen molar-refractivity contribution in [1.82, 2.24) is 9.80 Å². The van der Waals surface area contributed by atoms with E-state index in [1.165, 1.54) is 17.0 Å². The molecule has 6 nitrogen and oxygen atoms in total. The number of urea groups is 1. The predicted octanol–water partition coefficient (Wildman–Crippen LogP) is 3.43. The fourth-order valence-electron chi connectivity index (χ4n) is 4.87. The molecule has 0 bridgehead atoms. The number of nitrogens with zero attached hydrogens (tertiary/aromatic N) is 2. The average Bonchev–Trinajstić information content (AvgIpc) is 2.86. The minimum atomic E-state index is -0.539. The lowest BCUT2D eigenvalue weighted by atomic mass is 9.73. The van der Waals surface area contributed by atoms with Gasteiger partial charge >= 0.3 is 6.03 Å². The number of hydrogen-bond donors (Lipinski definition) is 2. The van der Waals surface area contributed by atoms with Gasteiger partial charge in [-0.15, -0.1) is 0 Å². The largest absolute Gasteiger partial charge is 0.394 e. The van der Waals surface area contributed by atoms with Crippen LogP contribution in [0, 0.1) is 17.7 Å². The molecule has 3 amide bonds. The fourth-order valence-corrected chi connectivity index (χ4v) is 4.87. The maximum absolute atomic E-state index is 14.0. The molecule has 0 unspecified atom stereocenters. The summed E-state index contributed by atoms with van der Waals surface area (Å²) in [5.74, 6) is 5.38. The van der Waals surface area contributed by atoms with E-state index in [-0.39, 0.29) is 42.7 Å². The minimum absolute atomic E-state index is 0.0676. The Morgan fingerprint density at radius 2 is 1.63 bits per heavy atom. The van der Waals surface area contributed by atoms with E-state index in [1.807, 2.05) is 54.6 Å². The highest BCUT2D eigenvalue weighted by Gasteiger charge is 2.54. The first-order valence-corrected chi connectivity index (χ1v) is 11.4. The van der Waals surface area contributed by atoms with Gasteiger partial charge in [0.2, 0.25) is 5.91 Å². The number of halogens is 1. The first kappa shape index (κ1) is 22.6. The third-order valence-corrected chi connectivity index (χ3v) is 6.58. The van der Waals surface area contributed by atoms with Gasteiger partial charge in [-0.3, -0.25) is 4.79 Å². The molecule has 5 rings (SSSR count). The van der Waals surface area contributed by atoms with E-state index in [1.54, 1.807) is 17.0 Å². The van der Waals surface area contributed by atoms with Gasteiger partial charge < -0.3 is 20.2 Å². The van der Waals surface area contributed by atoms with Crippen molar-refractivity contribution < 1.29 is 19.1 Å². The Bertz CT molecular complexity index is 1300. The van der Waals surface area contributed by atoms with Gasteiger partial charge in [0.05, 0.1) is 24.4 Å². The molecule has 3 atom stereocenters. The Hall–Kier alpha value is -4.15. The Labute approximate surface area is 203 Å². The normalized spacial score (nSPS) is 20.9. The molecule has 2 aliphatic heterocycles. The molecule has 2 N–H and O–H groups in total. The van der Waals surface area contributed by atoms with E-state index < -0.39 is 11.8 Å². The van der Waals surface area contributed by atoms with Gasteiger partial charge in [-0.1, -0.05) is 54.3 Å². The van der Waals surface area contributed by atoms with Crippen LogP contribution in [0.15, 0.2) is 78.9 Å². The maximum Gasteiger partial charge on any atom is 0.322 e. The topological polar surface area (TPSA) is 72.9 Å². The van der Waals surface area contributed by atoms with Crippen LogP contribution in [0.3, 0.4) is 0 Å². The first-order valence-electron chi connectivity index (χ1n) is 11.4. The van der Waals surface area contributed by atoms with Gasteiger partial charge in [0.15, 0.2) is 0 Å². The zero-order valence-corrected chi connectivity index (χ0v) is 18.9. The fraction of sp³-hybridized carbons (Fsp3) is 0.214. The Kier molecular flexibility index (Phi) is 6.21. The van der Waals surface area contributed by atoms with Crippen molar-refractivity contribution in [3.8, 4) is 11.8 Å². The Morgan fingerprint density at radius 3 is 2.31 bits per heavy atom. The molecule has 3 aromatic carbocycles. The van der Waals surface area contributed by atoms with Crippen LogP contribution < -0.4 is 5.32 Å². The Balaban J connectivity index is 1.32. The monoisotopic (exact) mass is 469 g/mol. The molecule has 0 saturated carbocycles. The lowest BCUT2D eigenvalue weighted by molar-refractivity contribution is -0.159. The molecule has 0 radical (unpaired) electrons. The van der Waals surface area contributed by atoms with E-state index >= 15 is 0 Å². The van der Waals surface area contributed by atoms with Crippen molar-refractivity contribution in [1.29, 1.82) is 0 Å². The van der Waals surface area contributed by atoms with Crippen molar-refractivity contribution in [2.45, 2.75) is 18.0 Å². The number of para-hydroxylation sites is 1. The van der Waals surface area contributed by atoms with E-state index in [0.29, 0.717) is 6.54 Å². The molecule has 2 saturated heterocycles. The second-order valence-corrected chi connectivity index (χ2v) is 8.67. The van der Waals surface area contributed by atoms with Gasteiger partial charge in [0.1, 0.15) is 12.4 Å². The number of fused-ring (bicyclic) bond motifs is 1. The molecule has 3 aromatic rings. The third-order valence-electron chi connectivity index (χ3n) is 6.58. The SMILES string of the molecule is O=C(Nc1ccccc1F)N1CC(=O)N2[C@H](C1)[C@@H](c1ccc(C#Cc3ccccc3)cc1)[C@@H]2CO. The highest BCUT2D eigenvalue weighted by Crippen LogP contribution is 2.43. The van der Waals surface area contributed by atoms with Crippen molar-refractivity contribution in [3.63, 3.8) is 0 Å². The van der Waals surface area contributed by atoms with Crippen LogP contribution in [-0.2, 0) is 4.79 Å². The molecule has 2 aliphatic rings. The second kappa shape index (κ2) is 9.61. The molecule has 7 heteroatoms. The number of aliphatic hydroxyl groups is 1. The summed E-state index contributed by atoms with van der Waals surface area (Å²) in [6, 6.07) is 22.3. The molecular weight excluding hydrogens is 445 g/mol. The number of rotatable bonds is 3. The number of aliphatic hydroxyl groups excluding tert-OH is 1. The van der Waals surface area contributed by atoms with Crippen LogP contribution >= 0.6 is 0 Å². The summed E-state index contributed by atoms with van der Waals surface area (Å²) in [4.78, 5) is 28.7. The number of hydrogen-bond acceptors (Lipinski definition) is 3. The predicted molar refractivity (Wildman–Crippen MR) is 130 cm³/mol. The van der Waals surface area contributed by atoms with Crippen molar-refractivity contribution in [3.05, 3.63) is 101 Å². The molecule has 35 heavy (non-hydrogen) atoms. The second-order valence-electron chi connectivity index (χ2n) is 8.67. The number of nitrogens with one attached hydrogen (secondary N) is 1. The number of piperazine rings is 1. The minimum Gasteiger partial charge on any atom is -0.394 e. The number of carbonyl (C=O) groups excluding carboxylic acids is 2. The molecule has 0 spiro atoms. The lowest BCUT2D eigenvalue weighted by Gasteiger charge is -2.58.